The number of hydrogen-bond donors (Lipinski definition) is 0. The third kappa shape index (κ3) is 4.74. The first kappa shape index (κ1) is 22.4. The molecule has 0 unspecified atom stereocenters. The topological polar surface area (TPSA) is 66.2 Å². The van der Waals surface area contributed by atoms with E-state index in [0.717, 1.165) is 11.8 Å². The highest BCUT2D eigenvalue weighted by Crippen LogP contribution is 2.26. The molecule has 0 atom stereocenters. The van der Waals surface area contributed by atoms with Crippen molar-refractivity contribution in [1.82, 2.24) is 14.5 Å². The van der Waals surface area contributed by atoms with Gasteiger partial charge >= 0.3 is 0 Å². The van der Waals surface area contributed by atoms with E-state index in [0.29, 0.717) is 35.5 Å². The number of pyridine rings is 3. The minimum absolute atomic E-state index is 0.0663. The molecular formula is C22H20ClF2N3O3. The Morgan fingerprint density at radius 2 is 1.94 bits per heavy atom. The second-order valence-electron chi connectivity index (χ2n) is 6.69. The zero-order valence-electron chi connectivity index (χ0n) is 17.2. The molecule has 0 fully saturated rings. The fourth-order valence-corrected chi connectivity index (χ4v) is 3.13. The van der Waals surface area contributed by atoms with Crippen LogP contribution in [0.1, 0.15) is 29.6 Å². The zero-order chi connectivity index (χ0) is 22.7. The normalized spacial score (nSPS) is 10.8. The predicted molar refractivity (Wildman–Crippen MR) is 113 cm³/mol. The fraction of sp³-hybridized carbons (Fsp3) is 0.227. The van der Waals surface area contributed by atoms with Crippen molar-refractivity contribution in [2.24, 2.45) is 0 Å². The highest BCUT2D eigenvalue weighted by atomic mass is 35.5. The summed E-state index contributed by atoms with van der Waals surface area (Å²) in [7, 11) is 0. The maximum Gasteiger partial charge on any atom is 0.277 e. The van der Waals surface area contributed by atoms with Gasteiger partial charge in [0.2, 0.25) is 0 Å². The highest BCUT2D eigenvalue weighted by Gasteiger charge is 2.17. The molecule has 6 nitrogen and oxygen atoms in total. The highest BCUT2D eigenvalue weighted by molar-refractivity contribution is 6.31. The molecule has 162 valence electrons. The Morgan fingerprint density at radius 3 is 2.61 bits per heavy atom. The Labute approximate surface area is 182 Å². The molecule has 0 N–H and O–H groups in total. The van der Waals surface area contributed by atoms with Crippen LogP contribution in [0.5, 0.6) is 5.75 Å². The molecule has 3 aromatic rings. The first-order valence-corrected chi connectivity index (χ1v) is 9.74. The van der Waals surface area contributed by atoms with E-state index < -0.39 is 17.2 Å². The molecule has 3 rings (SSSR count). The largest absolute Gasteiger partial charge is 0.492 e. The van der Waals surface area contributed by atoms with E-state index in [1.165, 1.54) is 4.57 Å². The van der Waals surface area contributed by atoms with Crippen molar-refractivity contribution in [1.29, 1.82) is 0 Å². The van der Waals surface area contributed by atoms with Gasteiger partial charge in [0.05, 0.1) is 18.5 Å². The van der Waals surface area contributed by atoms with E-state index in [1.807, 2.05) is 13.8 Å². The summed E-state index contributed by atoms with van der Waals surface area (Å²) in [4.78, 5) is 21.0. The Kier molecular flexibility index (Phi) is 6.70. The number of hydrogen-bond acceptors (Lipinski definition) is 5. The lowest BCUT2D eigenvalue weighted by Gasteiger charge is -2.17. The van der Waals surface area contributed by atoms with Crippen LogP contribution in [0.4, 0.5) is 8.78 Å². The predicted octanol–water partition coefficient (Wildman–Crippen LogP) is 4.76. The molecule has 3 aromatic heterocycles. The van der Waals surface area contributed by atoms with Gasteiger partial charge in [0.1, 0.15) is 40.3 Å². The number of rotatable bonds is 7. The van der Waals surface area contributed by atoms with Crippen LogP contribution in [0.3, 0.4) is 0 Å². The second-order valence-corrected chi connectivity index (χ2v) is 7.07. The molecule has 0 spiro atoms. The lowest BCUT2D eigenvalue weighted by atomic mass is 10.2. The van der Waals surface area contributed by atoms with Gasteiger partial charge in [-0.2, -0.15) is 0 Å². The summed E-state index contributed by atoms with van der Waals surface area (Å²) in [5, 5.41) is -0.186. The van der Waals surface area contributed by atoms with Crippen LogP contribution in [0.2, 0.25) is 5.02 Å². The Balaban J connectivity index is 1.98. The minimum Gasteiger partial charge on any atom is -0.492 e. The van der Waals surface area contributed by atoms with E-state index in [9.17, 15) is 13.6 Å². The molecule has 0 saturated carbocycles. The van der Waals surface area contributed by atoms with Crippen molar-refractivity contribution in [2.75, 3.05) is 6.61 Å². The lowest BCUT2D eigenvalue weighted by molar-refractivity contribution is 0.292. The first-order chi connectivity index (χ1) is 14.7. The van der Waals surface area contributed by atoms with Gasteiger partial charge in [-0.1, -0.05) is 18.2 Å². The molecule has 0 amide bonds. The van der Waals surface area contributed by atoms with Gasteiger partial charge < -0.3 is 9.47 Å². The Hall–Kier alpha value is -3.26. The van der Waals surface area contributed by atoms with Gasteiger partial charge in [0, 0.05) is 24.0 Å². The van der Waals surface area contributed by atoms with E-state index in [-0.39, 0.29) is 23.1 Å². The summed E-state index contributed by atoms with van der Waals surface area (Å²) in [6, 6.07) is 3.95. The van der Waals surface area contributed by atoms with Crippen molar-refractivity contribution >= 4 is 17.4 Å². The number of nitrogens with zero attached hydrogens (tertiary/aromatic N) is 3. The Morgan fingerprint density at radius 1 is 1.19 bits per heavy atom. The summed E-state index contributed by atoms with van der Waals surface area (Å²) >= 11 is 6.27. The number of aromatic nitrogens is 3. The molecule has 9 heteroatoms. The van der Waals surface area contributed by atoms with E-state index >= 15 is 0 Å². The molecule has 0 radical (unpaired) electrons. The minimum atomic E-state index is -0.851. The fourth-order valence-electron chi connectivity index (χ4n) is 2.94. The summed E-state index contributed by atoms with van der Waals surface area (Å²) < 4.78 is 39.1. The van der Waals surface area contributed by atoms with Crippen LogP contribution in [0.25, 0.3) is 11.4 Å². The third-order valence-electron chi connectivity index (χ3n) is 4.47. The summed E-state index contributed by atoms with van der Waals surface area (Å²) in [6.07, 6.45) is 2.49. The zero-order valence-corrected chi connectivity index (χ0v) is 18.0. The van der Waals surface area contributed by atoms with Crippen LogP contribution in [0.15, 0.2) is 42.0 Å². The average molecular weight is 448 g/mol. The van der Waals surface area contributed by atoms with Gasteiger partial charge in [-0.25, -0.2) is 8.78 Å². The van der Waals surface area contributed by atoms with Gasteiger partial charge in [-0.15, -0.1) is 0 Å². The lowest BCUT2D eigenvalue weighted by Crippen LogP contribution is -2.23. The summed E-state index contributed by atoms with van der Waals surface area (Å²) in [6.45, 7) is 9.31. The Bertz CT molecular complexity index is 1210. The van der Waals surface area contributed by atoms with E-state index in [2.05, 4.69) is 16.5 Å². The smallest absolute Gasteiger partial charge is 0.277 e. The monoisotopic (exact) mass is 447 g/mol. The van der Waals surface area contributed by atoms with Gasteiger partial charge in [-0.3, -0.25) is 19.3 Å². The van der Waals surface area contributed by atoms with Crippen molar-refractivity contribution in [3.63, 3.8) is 0 Å². The molecule has 31 heavy (non-hydrogen) atoms. The van der Waals surface area contributed by atoms with Gasteiger partial charge in [-0.05, 0) is 32.4 Å². The molecule has 0 aromatic carbocycles. The second kappa shape index (κ2) is 9.26. The van der Waals surface area contributed by atoms with Crippen LogP contribution >= 0.6 is 11.6 Å². The van der Waals surface area contributed by atoms with Crippen LogP contribution in [-0.2, 0) is 11.3 Å². The van der Waals surface area contributed by atoms with E-state index in [1.54, 1.807) is 25.3 Å². The summed E-state index contributed by atoms with van der Waals surface area (Å²) in [5.41, 5.74) is 1.69. The van der Waals surface area contributed by atoms with Crippen LogP contribution < -0.4 is 10.3 Å². The third-order valence-corrected chi connectivity index (χ3v) is 4.82. The molecule has 0 saturated heterocycles. The van der Waals surface area contributed by atoms with Crippen LogP contribution in [0, 0.1) is 25.5 Å². The van der Waals surface area contributed by atoms with E-state index in [4.69, 9.17) is 21.1 Å². The maximum atomic E-state index is 13.8. The quantitative estimate of drug-likeness (QED) is 0.488. The van der Waals surface area contributed by atoms with Crippen molar-refractivity contribution in [2.45, 2.75) is 27.4 Å². The number of ether oxygens (including phenoxy) is 2. The summed E-state index contributed by atoms with van der Waals surface area (Å²) in [5.74, 6) is -1.20. The molecule has 0 aliphatic rings. The first-order valence-electron chi connectivity index (χ1n) is 9.36. The average Bonchev–Trinajstić information content (AvgIpc) is 2.72. The SMILES string of the molecule is C=C(OCC)c1cc(-n2c(C)cc(OCc3ncc(F)cc3F)c(Cl)c2=O)c(C)cn1. The molecular weight excluding hydrogens is 428 g/mol. The van der Waals surface area contributed by atoms with Crippen molar-refractivity contribution < 1.29 is 18.3 Å². The van der Waals surface area contributed by atoms with Gasteiger partial charge in [0.15, 0.2) is 5.82 Å². The van der Waals surface area contributed by atoms with Crippen molar-refractivity contribution in [3.8, 4) is 11.4 Å². The maximum absolute atomic E-state index is 13.8. The molecule has 0 bridgehead atoms. The number of aryl methyl sites for hydroxylation is 2. The molecule has 3 heterocycles. The number of halogens is 3. The molecule has 0 aliphatic carbocycles. The van der Waals surface area contributed by atoms with Gasteiger partial charge in [0.25, 0.3) is 5.56 Å². The standard InChI is InChI=1S/C22H20ClF2N3O3/c1-5-30-14(4)17-8-19(12(2)9-26-17)28-13(3)6-20(21(23)22(28)29)31-11-18-16(25)7-15(24)10-27-18/h6-10H,4-5,11H2,1-3H3. The molecule has 0 aliphatic heterocycles. The van der Waals surface area contributed by atoms with Crippen molar-refractivity contribution in [3.05, 3.63) is 86.8 Å². The van der Waals surface area contributed by atoms with Crippen LogP contribution in [-0.4, -0.2) is 21.1 Å².